The van der Waals surface area contributed by atoms with E-state index in [-0.39, 0.29) is 0 Å². The summed E-state index contributed by atoms with van der Waals surface area (Å²) in [4.78, 5) is 0. The Morgan fingerprint density at radius 3 is 1.52 bits per heavy atom. The van der Waals surface area contributed by atoms with Crippen molar-refractivity contribution in [1.82, 2.24) is 0 Å². The predicted molar refractivity (Wildman–Crippen MR) is 219 cm³/mol. The largest absolute Gasteiger partial charge is 0.356 e. The van der Waals surface area contributed by atoms with Gasteiger partial charge in [0.15, 0.2) is 0 Å². The fraction of sp³-hybridized carbons (Fsp3) is 0.388. The van der Waals surface area contributed by atoms with Crippen molar-refractivity contribution in [2.24, 2.45) is 0 Å². The van der Waals surface area contributed by atoms with Crippen molar-refractivity contribution < 1.29 is 0 Å². The summed E-state index contributed by atoms with van der Waals surface area (Å²) in [5.74, 6) is 0. The molecule has 0 spiro atoms. The Morgan fingerprint density at radius 2 is 0.960 bits per heavy atom. The first-order valence-electron chi connectivity index (χ1n) is 19.9. The van der Waals surface area contributed by atoms with Gasteiger partial charge in [-0.15, -0.1) is 0 Å². The molecule has 0 atom stereocenters. The summed E-state index contributed by atoms with van der Waals surface area (Å²) in [6, 6.07) is 39.4. The third-order valence-corrected chi connectivity index (χ3v) is 10.8. The number of nitrogens with one attached hydrogen (secondary N) is 1. The number of unbranched alkanes of at least 4 members (excludes halogenated alkanes) is 10. The van der Waals surface area contributed by atoms with Crippen LogP contribution in [0.15, 0.2) is 103 Å². The van der Waals surface area contributed by atoms with Crippen LogP contribution in [0.1, 0.15) is 119 Å². The second kappa shape index (κ2) is 18.2. The van der Waals surface area contributed by atoms with E-state index in [4.69, 9.17) is 0 Å². The molecule has 0 radical (unpaired) electrons. The molecule has 0 aromatic heterocycles. The number of hydrogen-bond donors (Lipinski definition) is 1. The van der Waals surface area contributed by atoms with Gasteiger partial charge >= 0.3 is 0 Å². The van der Waals surface area contributed by atoms with E-state index in [1.807, 2.05) is 0 Å². The minimum Gasteiger partial charge on any atom is -0.356 e. The molecule has 1 nitrogen and oxygen atoms in total. The van der Waals surface area contributed by atoms with E-state index in [0.29, 0.717) is 0 Å². The van der Waals surface area contributed by atoms with E-state index in [1.165, 1.54) is 151 Å². The van der Waals surface area contributed by atoms with Crippen LogP contribution in [-0.2, 0) is 25.7 Å². The average molecular weight is 662 g/mol. The van der Waals surface area contributed by atoms with E-state index in [1.54, 1.807) is 0 Å². The Bertz CT molecular complexity index is 1790. The van der Waals surface area contributed by atoms with Gasteiger partial charge in [0.25, 0.3) is 0 Å². The van der Waals surface area contributed by atoms with Gasteiger partial charge in [-0.25, -0.2) is 0 Å². The Labute approximate surface area is 303 Å². The lowest BCUT2D eigenvalue weighted by molar-refractivity contribution is 0.606. The van der Waals surface area contributed by atoms with Gasteiger partial charge in [-0.05, 0) is 125 Å². The van der Waals surface area contributed by atoms with Gasteiger partial charge in [0.2, 0.25) is 0 Å². The maximum atomic E-state index is 3.70. The van der Waals surface area contributed by atoms with Gasteiger partial charge in [-0.3, -0.25) is 0 Å². The Morgan fingerprint density at radius 1 is 0.440 bits per heavy atom. The van der Waals surface area contributed by atoms with Gasteiger partial charge in [0.1, 0.15) is 0 Å². The average Bonchev–Trinajstić information content (AvgIpc) is 3.13. The summed E-state index contributed by atoms with van der Waals surface area (Å²) in [6.07, 6.45) is 20.6. The highest BCUT2D eigenvalue weighted by Gasteiger charge is 2.15. The first-order chi connectivity index (χ1) is 24.6. The van der Waals surface area contributed by atoms with Crippen LogP contribution in [0.3, 0.4) is 0 Å². The van der Waals surface area contributed by atoms with E-state index in [0.717, 1.165) is 24.2 Å². The lowest BCUT2D eigenvalue weighted by Gasteiger charge is -2.19. The van der Waals surface area contributed by atoms with Crippen molar-refractivity contribution in [3.05, 3.63) is 131 Å². The molecule has 0 saturated heterocycles. The molecular weight excluding hydrogens is 603 g/mol. The van der Waals surface area contributed by atoms with E-state index in [2.05, 4.69) is 129 Å². The summed E-state index contributed by atoms with van der Waals surface area (Å²) in [5.41, 5.74) is 17.7. The zero-order chi connectivity index (χ0) is 34.5. The van der Waals surface area contributed by atoms with Crippen molar-refractivity contribution >= 4 is 11.4 Å². The highest BCUT2D eigenvalue weighted by atomic mass is 14.9. The second-order valence-electron chi connectivity index (χ2n) is 14.8. The smallest absolute Gasteiger partial charge is 0.0390 e. The molecule has 0 amide bonds. The maximum Gasteiger partial charge on any atom is 0.0390 e. The van der Waals surface area contributed by atoms with Crippen LogP contribution in [0.4, 0.5) is 11.4 Å². The van der Waals surface area contributed by atoms with Gasteiger partial charge < -0.3 is 5.32 Å². The first kappa shape index (κ1) is 35.7. The van der Waals surface area contributed by atoms with Crippen LogP contribution in [0.2, 0.25) is 0 Å². The molecule has 5 aromatic carbocycles. The molecule has 50 heavy (non-hydrogen) atoms. The molecule has 1 aliphatic rings. The first-order valence-corrected chi connectivity index (χ1v) is 19.9. The monoisotopic (exact) mass is 661 g/mol. The van der Waals surface area contributed by atoms with Crippen LogP contribution >= 0.6 is 0 Å². The highest BCUT2D eigenvalue weighted by molar-refractivity contribution is 5.78. The topological polar surface area (TPSA) is 12.0 Å². The molecule has 0 heterocycles. The molecule has 0 fully saturated rings. The summed E-state index contributed by atoms with van der Waals surface area (Å²) in [5, 5.41) is 3.70. The predicted octanol–water partition coefficient (Wildman–Crippen LogP) is 14.6. The third-order valence-electron chi connectivity index (χ3n) is 10.8. The van der Waals surface area contributed by atoms with Crippen molar-refractivity contribution in [3.8, 4) is 33.4 Å². The van der Waals surface area contributed by atoms with E-state index < -0.39 is 0 Å². The standard InChI is InChI=1S/C49H59N/c1-4-6-8-10-12-14-17-44-36-49(45(18-15-13-11-9-7-5-2)35-48(44)39-23-21-37(3)22-24-39)40-29-31-46(32-30-40)50-47-20-16-19-41(34-47)43-28-26-38-25-27-42(38)33-43/h16,19-24,26,28-36,50H,4-15,17-18,25,27H2,1-3H3. The summed E-state index contributed by atoms with van der Waals surface area (Å²) in [7, 11) is 0. The molecule has 0 bridgehead atoms. The van der Waals surface area contributed by atoms with E-state index in [9.17, 15) is 0 Å². The number of benzene rings is 5. The summed E-state index contributed by atoms with van der Waals surface area (Å²) in [6.45, 7) is 6.80. The van der Waals surface area contributed by atoms with Crippen LogP contribution in [-0.4, -0.2) is 0 Å². The number of hydrogen-bond acceptors (Lipinski definition) is 1. The summed E-state index contributed by atoms with van der Waals surface area (Å²) >= 11 is 0. The summed E-state index contributed by atoms with van der Waals surface area (Å²) < 4.78 is 0. The van der Waals surface area contributed by atoms with Crippen LogP contribution in [0.5, 0.6) is 0 Å². The molecule has 0 unspecified atom stereocenters. The lowest BCUT2D eigenvalue weighted by atomic mass is 9.86. The zero-order valence-corrected chi connectivity index (χ0v) is 31.1. The Kier molecular flexibility index (Phi) is 13.0. The van der Waals surface area contributed by atoms with E-state index >= 15 is 0 Å². The number of rotatable bonds is 19. The van der Waals surface area contributed by atoms with Gasteiger partial charge in [0.05, 0.1) is 0 Å². The number of anilines is 2. The van der Waals surface area contributed by atoms with Gasteiger partial charge in [-0.2, -0.15) is 0 Å². The molecular formula is C49H59N. The number of fused-ring (bicyclic) bond motifs is 1. The van der Waals surface area contributed by atoms with Crippen molar-refractivity contribution in [3.63, 3.8) is 0 Å². The van der Waals surface area contributed by atoms with Gasteiger partial charge in [0, 0.05) is 11.4 Å². The Hall–Kier alpha value is -4.10. The van der Waals surface area contributed by atoms with Gasteiger partial charge in [-0.1, -0.05) is 162 Å². The molecule has 1 aliphatic carbocycles. The third kappa shape index (κ3) is 9.57. The van der Waals surface area contributed by atoms with Crippen LogP contribution in [0.25, 0.3) is 33.4 Å². The Balaban J connectivity index is 1.25. The second-order valence-corrected chi connectivity index (χ2v) is 14.8. The number of aryl methyl sites for hydroxylation is 5. The molecule has 0 aliphatic heterocycles. The maximum absolute atomic E-state index is 3.70. The van der Waals surface area contributed by atoms with Crippen molar-refractivity contribution in [2.45, 2.75) is 124 Å². The molecule has 1 heteroatoms. The van der Waals surface area contributed by atoms with Crippen molar-refractivity contribution in [2.75, 3.05) is 5.32 Å². The molecule has 6 rings (SSSR count). The van der Waals surface area contributed by atoms with Crippen LogP contribution < -0.4 is 5.32 Å². The molecule has 1 N–H and O–H groups in total. The highest BCUT2D eigenvalue weighted by Crippen LogP contribution is 2.36. The molecule has 260 valence electrons. The van der Waals surface area contributed by atoms with Crippen molar-refractivity contribution in [1.29, 1.82) is 0 Å². The quantitative estimate of drug-likeness (QED) is 0.0869. The SMILES string of the molecule is CCCCCCCCc1cc(-c2ccc(Nc3cccc(-c4ccc5c(c4)CC5)c3)cc2)c(CCCCCCCC)cc1-c1ccc(C)cc1. The molecule has 0 saturated carbocycles. The normalized spacial score (nSPS) is 12.1. The van der Waals surface area contributed by atoms with Crippen LogP contribution in [0, 0.1) is 6.92 Å². The minimum absolute atomic E-state index is 1.13. The fourth-order valence-electron chi connectivity index (χ4n) is 7.62. The minimum atomic E-state index is 1.13. The zero-order valence-electron chi connectivity index (χ0n) is 31.1. The lowest BCUT2D eigenvalue weighted by Crippen LogP contribution is -2.07. The fourth-order valence-corrected chi connectivity index (χ4v) is 7.62. The molecule has 5 aromatic rings.